The average molecular weight is 289 g/mol. The molecule has 0 spiro atoms. The molecule has 0 saturated carbocycles. The maximum atomic E-state index is 12.3. The summed E-state index contributed by atoms with van der Waals surface area (Å²) in [6, 6.07) is 8.24. The van der Waals surface area contributed by atoms with Gasteiger partial charge in [0.1, 0.15) is 0 Å². The maximum absolute atomic E-state index is 12.3. The first-order valence-electron chi connectivity index (χ1n) is 7.94. The first kappa shape index (κ1) is 16.0. The first-order chi connectivity index (χ1) is 10.1. The van der Waals surface area contributed by atoms with Gasteiger partial charge < -0.3 is 11.1 Å². The van der Waals surface area contributed by atoms with Crippen LogP contribution in [-0.2, 0) is 4.79 Å². The molecule has 0 aliphatic carbocycles. The number of benzene rings is 1. The predicted molar refractivity (Wildman–Crippen MR) is 87.2 cm³/mol. The van der Waals surface area contributed by atoms with E-state index in [1.54, 1.807) is 0 Å². The lowest BCUT2D eigenvalue weighted by Gasteiger charge is -2.40. The number of likely N-dealkylation sites (tertiary alicyclic amines) is 1. The molecule has 1 aliphatic heterocycles. The number of hydrogen-bond donors (Lipinski definition) is 2. The van der Waals surface area contributed by atoms with Gasteiger partial charge in [-0.05, 0) is 49.9 Å². The van der Waals surface area contributed by atoms with Crippen molar-refractivity contribution in [2.45, 2.75) is 39.2 Å². The summed E-state index contributed by atoms with van der Waals surface area (Å²) in [6.07, 6.45) is 3.53. The second kappa shape index (κ2) is 7.57. The SMILES string of the molecule is CCC1CCCN(CC(=O)Nc2cccc(C)c2)C1CN. The zero-order valence-corrected chi connectivity index (χ0v) is 13.1. The highest BCUT2D eigenvalue weighted by molar-refractivity contribution is 5.92. The van der Waals surface area contributed by atoms with E-state index in [4.69, 9.17) is 5.73 Å². The summed E-state index contributed by atoms with van der Waals surface area (Å²) in [7, 11) is 0. The van der Waals surface area contributed by atoms with E-state index < -0.39 is 0 Å². The summed E-state index contributed by atoms with van der Waals surface area (Å²) in [4.78, 5) is 14.5. The van der Waals surface area contributed by atoms with Gasteiger partial charge in [0.2, 0.25) is 5.91 Å². The highest BCUT2D eigenvalue weighted by atomic mass is 16.2. The molecule has 1 heterocycles. The Hall–Kier alpha value is -1.39. The van der Waals surface area contributed by atoms with Crippen LogP contribution in [0.1, 0.15) is 31.7 Å². The quantitative estimate of drug-likeness (QED) is 0.875. The van der Waals surface area contributed by atoms with Gasteiger partial charge in [0.05, 0.1) is 6.54 Å². The Kier molecular flexibility index (Phi) is 5.76. The monoisotopic (exact) mass is 289 g/mol. The summed E-state index contributed by atoms with van der Waals surface area (Å²) in [6.45, 7) is 6.28. The van der Waals surface area contributed by atoms with Gasteiger partial charge in [-0.1, -0.05) is 25.5 Å². The Bertz CT molecular complexity index is 475. The number of hydrogen-bond acceptors (Lipinski definition) is 3. The molecule has 1 fully saturated rings. The van der Waals surface area contributed by atoms with Gasteiger partial charge in [0.15, 0.2) is 0 Å². The van der Waals surface area contributed by atoms with Crippen molar-refractivity contribution in [2.75, 3.05) is 25.0 Å². The van der Waals surface area contributed by atoms with Crippen molar-refractivity contribution in [2.24, 2.45) is 11.7 Å². The second-order valence-corrected chi connectivity index (χ2v) is 6.00. The number of aryl methyl sites for hydroxylation is 1. The van der Waals surface area contributed by atoms with Crippen LogP contribution < -0.4 is 11.1 Å². The fourth-order valence-corrected chi connectivity index (χ4v) is 3.33. The van der Waals surface area contributed by atoms with Crippen molar-refractivity contribution in [1.82, 2.24) is 4.90 Å². The minimum Gasteiger partial charge on any atom is -0.329 e. The van der Waals surface area contributed by atoms with E-state index in [2.05, 4.69) is 17.1 Å². The fourth-order valence-electron chi connectivity index (χ4n) is 3.33. The van der Waals surface area contributed by atoms with E-state index in [-0.39, 0.29) is 5.91 Å². The van der Waals surface area contributed by atoms with Gasteiger partial charge in [-0.2, -0.15) is 0 Å². The minimum absolute atomic E-state index is 0.0517. The van der Waals surface area contributed by atoms with E-state index in [0.717, 1.165) is 30.6 Å². The second-order valence-electron chi connectivity index (χ2n) is 6.00. The number of carbonyl (C=O) groups is 1. The average Bonchev–Trinajstić information content (AvgIpc) is 2.46. The summed E-state index contributed by atoms with van der Waals surface area (Å²) in [5.74, 6) is 0.673. The number of amides is 1. The van der Waals surface area contributed by atoms with Crippen LogP contribution in [0, 0.1) is 12.8 Å². The van der Waals surface area contributed by atoms with Crippen LogP contribution in [0.3, 0.4) is 0 Å². The van der Waals surface area contributed by atoms with E-state index in [1.807, 2.05) is 31.2 Å². The van der Waals surface area contributed by atoms with Gasteiger partial charge >= 0.3 is 0 Å². The van der Waals surface area contributed by atoms with Crippen LogP contribution in [0.25, 0.3) is 0 Å². The van der Waals surface area contributed by atoms with E-state index in [1.165, 1.54) is 6.42 Å². The Morgan fingerprint density at radius 3 is 2.95 bits per heavy atom. The van der Waals surface area contributed by atoms with Crippen molar-refractivity contribution in [3.63, 3.8) is 0 Å². The van der Waals surface area contributed by atoms with Gasteiger partial charge in [0.25, 0.3) is 0 Å². The van der Waals surface area contributed by atoms with Gasteiger partial charge in [-0.3, -0.25) is 9.69 Å². The largest absolute Gasteiger partial charge is 0.329 e. The predicted octanol–water partition coefficient (Wildman–Crippen LogP) is 2.38. The fraction of sp³-hybridized carbons (Fsp3) is 0.588. The van der Waals surface area contributed by atoms with Crippen LogP contribution in [0.15, 0.2) is 24.3 Å². The molecule has 1 saturated heterocycles. The van der Waals surface area contributed by atoms with E-state index in [0.29, 0.717) is 25.0 Å². The molecule has 1 amide bonds. The lowest BCUT2D eigenvalue weighted by Crippen LogP contribution is -2.51. The normalized spacial score (nSPS) is 23.0. The van der Waals surface area contributed by atoms with Crippen molar-refractivity contribution < 1.29 is 4.79 Å². The highest BCUT2D eigenvalue weighted by Crippen LogP contribution is 2.25. The number of nitrogens with two attached hydrogens (primary N) is 1. The van der Waals surface area contributed by atoms with Crippen LogP contribution >= 0.6 is 0 Å². The molecule has 3 N–H and O–H groups in total. The molecule has 1 aliphatic rings. The minimum atomic E-state index is 0.0517. The van der Waals surface area contributed by atoms with Crippen molar-refractivity contribution in [3.05, 3.63) is 29.8 Å². The number of nitrogens with zero attached hydrogens (tertiary/aromatic N) is 1. The molecular formula is C17H27N3O. The van der Waals surface area contributed by atoms with E-state index in [9.17, 15) is 4.79 Å². The third-order valence-corrected chi connectivity index (χ3v) is 4.45. The Labute approximate surface area is 127 Å². The molecule has 1 aromatic carbocycles. The van der Waals surface area contributed by atoms with Crippen LogP contribution in [0.4, 0.5) is 5.69 Å². The maximum Gasteiger partial charge on any atom is 0.238 e. The summed E-state index contributed by atoms with van der Waals surface area (Å²) in [5, 5.41) is 2.99. The highest BCUT2D eigenvalue weighted by Gasteiger charge is 2.30. The number of nitrogens with one attached hydrogen (secondary N) is 1. The summed E-state index contributed by atoms with van der Waals surface area (Å²) < 4.78 is 0. The zero-order valence-electron chi connectivity index (χ0n) is 13.1. The van der Waals surface area contributed by atoms with Gasteiger partial charge in [0, 0.05) is 18.3 Å². The summed E-state index contributed by atoms with van der Waals surface area (Å²) in [5.41, 5.74) is 7.95. The number of piperidine rings is 1. The molecule has 1 aromatic rings. The number of carbonyl (C=O) groups excluding carboxylic acids is 1. The topological polar surface area (TPSA) is 58.4 Å². The van der Waals surface area contributed by atoms with Crippen LogP contribution in [0.2, 0.25) is 0 Å². The van der Waals surface area contributed by atoms with Crippen LogP contribution in [0.5, 0.6) is 0 Å². The molecule has 2 atom stereocenters. The van der Waals surface area contributed by atoms with Crippen LogP contribution in [-0.4, -0.2) is 36.5 Å². The molecule has 0 bridgehead atoms. The van der Waals surface area contributed by atoms with Gasteiger partial charge in [-0.25, -0.2) is 0 Å². The third-order valence-electron chi connectivity index (χ3n) is 4.45. The molecule has 4 heteroatoms. The molecule has 21 heavy (non-hydrogen) atoms. The standard InChI is InChI=1S/C17H27N3O/c1-3-14-7-5-9-20(16(14)11-18)12-17(21)19-15-8-4-6-13(2)10-15/h4,6,8,10,14,16H,3,5,7,9,11-12,18H2,1-2H3,(H,19,21). The zero-order chi connectivity index (χ0) is 15.2. The lowest BCUT2D eigenvalue weighted by molar-refractivity contribution is -0.118. The summed E-state index contributed by atoms with van der Waals surface area (Å²) >= 11 is 0. The van der Waals surface area contributed by atoms with Crippen molar-refractivity contribution >= 4 is 11.6 Å². The smallest absolute Gasteiger partial charge is 0.238 e. The molecular weight excluding hydrogens is 262 g/mol. The molecule has 4 nitrogen and oxygen atoms in total. The number of anilines is 1. The van der Waals surface area contributed by atoms with Gasteiger partial charge in [-0.15, -0.1) is 0 Å². The molecule has 0 aromatic heterocycles. The lowest BCUT2D eigenvalue weighted by atomic mass is 9.87. The van der Waals surface area contributed by atoms with E-state index >= 15 is 0 Å². The number of rotatable bonds is 5. The Morgan fingerprint density at radius 2 is 2.29 bits per heavy atom. The van der Waals surface area contributed by atoms with Crippen molar-refractivity contribution in [3.8, 4) is 0 Å². The Morgan fingerprint density at radius 1 is 1.48 bits per heavy atom. The Balaban J connectivity index is 1.94. The van der Waals surface area contributed by atoms with Crippen molar-refractivity contribution in [1.29, 1.82) is 0 Å². The molecule has 2 rings (SSSR count). The molecule has 116 valence electrons. The first-order valence-corrected chi connectivity index (χ1v) is 7.94. The molecule has 0 radical (unpaired) electrons. The third kappa shape index (κ3) is 4.29. The molecule has 2 unspecified atom stereocenters.